The lowest BCUT2D eigenvalue weighted by Crippen LogP contribution is -2.13. The largest absolute Gasteiger partial charge is 0.433 e. The lowest BCUT2D eigenvalue weighted by Gasteiger charge is -2.15. The van der Waals surface area contributed by atoms with Crippen molar-refractivity contribution in [3.8, 4) is 0 Å². The van der Waals surface area contributed by atoms with Crippen molar-refractivity contribution in [2.24, 2.45) is 5.84 Å². The van der Waals surface area contributed by atoms with Crippen molar-refractivity contribution in [2.75, 3.05) is 5.43 Å². The molecule has 0 unspecified atom stereocenters. The second kappa shape index (κ2) is 4.64. The first-order valence-corrected chi connectivity index (χ1v) is 6.19. The van der Waals surface area contributed by atoms with Gasteiger partial charge in [-0.05, 0) is 37.1 Å². The Balaban J connectivity index is 2.89. The SMILES string of the molecule is Cc1cc2nc(C(F)(F)F)cc(NN)c2c(C)c1Br. The number of aryl methyl sites for hydroxylation is 2. The van der Waals surface area contributed by atoms with Gasteiger partial charge >= 0.3 is 6.18 Å². The summed E-state index contributed by atoms with van der Waals surface area (Å²) in [6.07, 6.45) is -4.51. The van der Waals surface area contributed by atoms with E-state index in [2.05, 4.69) is 26.3 Å². The van der Waals surface area contributed by atoms with E-state index < -0.39 is 11.9 Å². The molecule has 0 amide bonds. The van der Waals surface area contributed by atoms with Crippen LogP contribution in [0, 0.1) is 13.8 Å². The summed E-state index contributed by atoms with van der Waals surface area (Å²) in [5.41, 5.74) is 3.43. The molecule has 2 rings (SSSR count). The van der Waals surface area contributed by atoms with Crippen LogP contribution in [0.3, 0.4) is 0 Å². The summed E-state index contributed by atoms with van der Waals surface area (Å²) in [4.78, 5) is 3.68. The number of anilines is 1. The second-order valence-corrected chi connectivity index (χ2v) is 5.02. The molecule has 0 saturated carbocycles. The Morgan fingerprint density at radius 3 is 2.42 bits per heavy atom. The Morgan fingerprint density at radius 1 is 1.26 bits per heavy atom. The normalized spacial score (nSPS) is 11.9. The molecule has 0 fully saturated rings. The highest BCUT2D eigenvalue weighted by Gasteiger charge is 2.33. The average Bonchev–Trinajstić information content (AvgIpc) is 2.33. The van der Waals surface area contributed by atoms with Gasteiger partial charge in [-0.1, -0.05) is 15.9 Å². The topological polar surface area (TPSA) is 50.9 Å². The number of nitrogens with one attached hydrogen (secondary N) is 1. The number of nitrogen functional groups attached to an aromatic ring is 1. The summed E-state index contributed by atoms with van der Waals surface area (Å²) >= 11 is 3.40. The molecule has 1 aromatic heterocycles. The zero-order chi connectivity index (χ0) is 14.4. The average molecular weight is 334 g/mol. The monoisotopic (exact) mass is 333 g/mol. The summed E-state index contributed by atoms with van der Waals surface area (Å²) in [5, 5.41) is 0.577. The van der Waals surface area contributed by atoms with Gasteiger partial charge in [0.05, 0.1) is 11.2 Å². The maximum atomic E-state index is 12.8. The van der Waals surface area contributed by atoms with E-state index in [1.54, 1.807) is 19.9 Å². The number of benzene rings is 1. The van der Waals surface area contributed by atoms with Gasteiger partial charge < -0.3 is 5.43 Å². The Kier molecular flexibility index (Phi) is 3.44. The predicted molar refractivity (Wildman–Crippen MR) is 71.7 cm³/mol. The van der Waals surface area contributed by atoms with Gasteiger partial charge in [0.1, 0.15) is 5.69 Å². The molecule has 19 heavy (non-hydrogen) atoms. The number of fused-ring (bicyclic) bond motifs is 1. The molecular formula is C12H11BrF3N3. The highest BCUT2D eigenvalue weighted by molar-refractivity contribution is 9.10. The highest BCUT2D eigenvalue weighted by Crippen LogP contribution is 2.37. The van der Waals surface area contributed by atoms with E-state index in [0.29, 0.717) is 5.39 Å². The molecule has 0 spiro atoms. The van der Waals surface area contributed by atoms with E-state index in [0.717, 1.165) is 21.7 Å². The quantitative estimate of drug-likeness (QED) is 0.614. The van der Waals surface area contributed by atoms with Crippen molar-refractivity contribution in [3.05, 3.63) is 33.4 Å². The number of halogens is 4. The number of nitrogens with zero attached hydrogens (tertiary/aromatic N) is 1. The Hall–Kier alpha value is -1.34. The van der Waals surface area contributed by atoms with Crippen LogP contribution < -0.4 is 11.3 Å². The van der Waals surface area contributed by atoms with Crippen molar-refractivity contribution >= 4 is 32.5 Å². The Labute approximate surface area is 116 Å². The maximum absolute atomic E-state index is 12.8. The van der Waals surface area contributed by atoms with Gasteiger partial charge in [-0.15, -0.1) is 0 Å². The predicted octanol–water partition coefficient (Wildman–Crippen LogP) is 3.92. The van der Waals surface area contributed by atoms with E-state index in [1.807, 2.05) is 0 Å². The summed E-state index contributed by atoms with van der Waals surface area (Å²) in [6, 6.07) is 2.51. The number of pyridine rings is 1. The fraction of sp³-hybridized carbons (Fsp3) is 0.250. The molecule has 7 heteroatoms. The van der Waals surface area contributed by atoms with Gasteiger partial charge in [-0.3, -0.25) is 5.84 Å². The molecule has 3 nitrogen and oxygen atoms in total. The third-order valence-electron chi connectivity index (χ3n) is 2.90. The molecule has 0 aliphatic carbocycles. The molecule has 0 bridgehead atoms. The Morgan fingerprint density at radius 2 is 1.89 bits per heavy atom. The van der Waals surface area contributed by atoms with Gasteiger partial charge in [-0.2, -0.15) is 13.2 Å². The van der Waals surface area contributed by atoms with E-state index in [9.17, 15) is 13.2 Å². The number of nitrogens with two attached hydrogens (primary N) is 1. The van der Waals surface area contributed by atoms with Crippen LogP contribution >= 0.6 is 15.9 Å². The summed E-state index contributed by atoms with van der Waals surface area (Å²) in [5.74, 6) is 5.32. The highest BCUT2D eigenvalue weighted by atomic mass is 79.9. The zero-order valence-corrected chi connectivity index (χ0v) is 11.8. The first kappa shape index (κ1) is 14.1. The number of hydrogen-bond acceptors (Lipinski definition) is 3. The standard InChI is InChI=1S/C12H11BrF3N3/c1-5-3-7-10(6(2)11(5)13)8(19-17)4-9(18-7)12(14,15)16/h3-4H,17H2,1-2H3,(H,18,19). The van der Waals surface area contributed by atoms with Gasteiger partial charge in [0, 0.05) is 9.86 Å². The number of hydrogen-bond donors (Lipinski definition) is 2. The van der Waals surface area contributed by atoms with E-state index in [4.69, 9.17) is 5.84 Å². The van der Waals surface area contributed by atoms with Crippen molar-refractivity contribution in [1.29, 1.82) is 0 Å². The smallest absolute Gasteiger partial charge is 0.323 e. The summed E-state index contributed by atoms with van der Waals surface area (Å²) < 4.78 is 39.1. The molecule has 3 N–H and O–H groups in total. The van der Waals surface area contributed by atoms with Crippen molar-refractivity contribution in [1.82, 2.24) is 4.98 Å². The van der Waals surface area contributed by atoms with Crippen LogP contribution in [0.25, 0.3) is 10.9 Å². The third-order valence-corrected chi connectivity index (χ3v) is 4.12. The second-order valence-electron chi connectivity index (χ2n) is 4.22. The maximum Gasteiger partial charge on any atom is 0.433 e. The van der Waals surface area contributed by atoms with Gasteiger partial charge in [0.25, 0.3) is 0 Å². The van der Waals surface area contributed by atoms with E-state index >= 15 is 0 Å². The molecule has 102 valence electrons. The summed E-state index contributed by atoms with van der Waals surface area (Å²) in [7, 11) is 0. The van der Waals surface area contributed by atoms with Crippen LogP contribution in [0.5, 0.6) is 0 Å². The van der Waals surface area contributed by atoms with E-state index in [-0.39, 0.29) is 11.2 Å². The fourth-order valence-corrected chi connectivity index (χ4v) is 2.31. The first-order chi connectivity index (χ1) is 8.75. The van der Waals surface area contributed by atoms with Crippen LogP contribution in [0.15, 0.2) is 16.6 Å². The number of hydrazine groups is 1. The van der Waals surface area contributed by atoms with Gasteiger partial charge in [0.15, 0.2) is 0 Å². The number of rotatable bonds is 1. The fourth-order valence-electron chi connectivity index (χ4n) is 2.00. The van der Waals surface area contributed by atoms with Crippen LogP contribution in [0.2, 0.25) is 0 Å². The molecule has 0 aliphatic rings. The molecule has 0 saturated heterocycles. The van der Waals surface area contributed by atoms with Crippen molar-refractivity contribution < 1.29 is 13.2 Å². The van der Waals surface area contributed by atoms with E-state index in [1.165, 1.54) is 0 Å². The number of aromatic nitrogens is 1. The zero-order valence-electron chi connectivity index (χ0n) is 10.2. The van der Waals surface area contributed by atoms with Gasteiger partial charge in [-0.25, -0.2) is 4.98 Å². The summed E-state index contributed by atoms with van der Waals surface area (Å²) in [6.45, 7) is 3.60. The van der Waals surface area contributed by atoms with Crippen LogP contribution in [-0.4, -0.2) is 4.98 Å². The third kappa shape index (κ3) is 2.40. The Bertz CT molecular complexity index is 653. The lowest BCUT2D eigenvalue weighted by atomic mass is 10.0. The number of alkyl halides is 3. The first-order valence-electron chi connectivity index (χ1n) is 5.40. The minimum atomic E-state index is -4.51. The van der Waals surface area contributed by atoms with Crippen LogP contribution in [0.4, 0.5) is 18.9 Å². The molecule has 0 radical (unpaired) electrons. The minimum Gasteiger partial charge on any atom is -0.323 e. The van der Waals surface area contributed by atoms with Gasteiger partial charge in [0.2, 0.25) is 0 Å². The molecular weight excluding hydrogens is 323 g/mol. The van der Waals surface area contributed by atoms with Crippen molar-refractivity contribution in [3.63, 3.8) is 0 Å². The molecule has 0 aliphatic heterocycles. The minimum absolute atomic E-state index is 0.204. The molecule has 1 heterocycles. The van der Waals surface area contributed by atoms with Crippen LogP contribution in [0.1, 0.15) is 16.8 Å². The van der Waals surface area contributed by atoms with Crippen LogP contribution in [-0.2, 0) is 6.18 Å². The molecule has 1 aromatic carbocycles. The van der Waals surface area contributed by atoms with Crippen molar-refractivity contribution in [2.45, 2.75) is 20.0 Å². The molecule has 2 aromatic rings. The molecule has 0 atom stereocenters. The lowest BCUT2D eigenvalue weighted by molar-refractivity contribution is -0.140.